The molecule has 2 unspecified atom stereocenters. The van der Waals surface area contributed by atoms with Crippen molar-refractivity contribution in [3.8, 4) is 5.75 Å². The largest absolute Gasteiger partial charge is 0.494 e. The molecule has 112 valence electrons. The predicted molar refractivity (Wildman–Crippen MR) is 84.7 cm³/mol. The van der Waals surface area contributed by atoms with Crippen LogP contribution in [0.25, 0.3) is 10.9 Å². The molecule has 0 spiro atoms. The number of hydrogen-bond donors (Lipinski definition) is 2. The van der Waals surface area contributed by atoms with Crippen LogP contribution in [0.1, 0.15) is 25.7 Å². The van der Waals surface area contributed by atoms with Gasteiger partial charge in [-0.25, -0.2) is 0 Å². The predicted octanol–water partition coefficient (Wildman–Crippen LogP) is 3.21. The molecule has 0 amide bonds. The maximum Gasteiger partial charge on any atom is 0.145 e. The number of benzene rings is 1. The van der Waals surface area contributed by atoms with Gasteiger partial charge in [0.1, 0.15) is 11.3 Å². The highest BCUT2D eigenvalue weighted by atomic mass is 16.5. The van der Waals surface area contributed by atoms with Crippen molar-refractivity contribution in [2.24, 2.45) is 5.92 Å². The van der Waals surface area contributed by atoms with E-state index in [1.807, 2.05) is 24.4 Å². The molecule has 3 rings (SSSR count). The second-order valence-electron chi connectivity index (χ2n) is 5.67. The van der Waals surface area contributed by atoms with Gasteiger partial charge in [-0.05, 0) is 37.3 Å². The van der Waals surface area contributed by atoms with Crippen LogP contribution in [-0.4, -0.2) is 29.8 Å². The molecule has 1 aromatic heterocycles. The minimum atomic E-state index is 0.272. The third-order valence-electron chi connectivity index (χ3n) is 4.45. The number of methoxy groups -OCH3 is 1. The van der Waals surface area contributed by atoms with Crippen LogP contribution in [0.5, 0.6) is 5.75 Å². The van der Waals surface area contributed by atoms with Crippen molar-refractivity contribution in [1.82, 2.24) is 4.98 Å². The average molecular weight is 286 g/mol. The van der Waals surface area contributed by atoms with Crippen LogP contribution in [0.15, 0.2) is 30.5 Å². The summed E-state index contributed by atoms with van der Waals surface area (Å²) in [7, 11) is 1.67. The number of aliphatic hydroxyl groups excluding tert-OH is 1. The number of aliphatic hydroxyl groups is 1. The molecule has 4 heteroatoms. The fraction of sp³-hybridized carbons (Fsp3) is 0.471. The summed E-state index contributed by atoms with van der Waals surface area (Å²) in [5.41, 5.74) is 2.00. The molecule has 1 aromatic carbocycles. The fourth-order valence-electron chi connectivity index (χ4n) is 3.38. The Morgan fingerprint density at radius 2 is 2.24 bits per heavy atom. The summed E-state index contributed by atoms with van der Waals surface area (Å²) in [5.74, 6) is 1.36. The van der Waals surface area contributed by atoms with Crippen LogP contribution in [0.4, 0.5) is 5.69 Å². The molecule has 1 saturated carbocycles. The Labute approximate surface area is 125 Å². The molecular weight excluding hydrogens is 264 g/mol. The summed E-state index contributed by atoms with van der Waals surface area (Å²) < 4.78 is 5.39. The number of fused-ring (bicyclic) bond motifs is 1. The zero-order valence-electron chi connectivity index (χ0n) is 12.4. The highest BCUT2D eigenvalue weighted by molar-refractivity contribution is 5.94. The molecule has 1 fully saturated rings. The summed E-state index contributed by atoms with van der Waals surface area (Å²) in [6.07, 6.45) is 6.30. The Kier molecular flexibility index (Phi) is 4.25. The molecule has 4 nitrogen and oxygen atoms in total. The van der Waals surface area contributed by atoms with E-state index in [4.69, 9.17) is 4.74 Å². The van der Waals surface area contributed by atoms with E-state index >= 15 is 0 Å². The van der Waals surface area contributed by atoms with Gasteiger partial charge in [0, 0.05) is 29.9 Å². The number of hydrogen-bond acceptors (Lipinski definition) is 4. The number of nitrogens with zero attached hydrogens (tertiary/aromatic N) is 1. The maximum atomic E-state index is 9.20. The van der Waals surface area contributed by atoms with E-state index < -0.39 is 0 Å². The first-order chi connectivity index (χ1) is 10.3. The second kappa shape index (κ2) is 6.31. The summed E-state index contributed by atoms with van der Waals surface area (Å²) in [4.78, 5) is 4.44. The number of para-hydroxylation sites is 1. The molecule has 1 aliphatic carbocycles. The van der Waals surface area contributed by atoms with E-state index in [-0.39, 0.29) is 6.61 Å². The molecule has 1 aliphatic rings. The Bertz CT molecular complexity index is 615. The number of nitrogens with one attached hydrogen (secondary N) is 1. The van der Waals surface area contributed by atoms with E-state index in [0.29, 0.717) is 12.0 Å². The standard InChI is InChI=1S/C17H22N2O2/c1-21-16-7-3-5-13-15(8-10-18-17(13)16)19-14-6-2-4-12(14)9-11-20/h3,5,7-8,10,12,14,20H,2,4,6,9,11H2,1H3,(H,18,19). The van der Waals surface area contributed by atoms with Gasteiger partial charge < -0.3 is 15.2 Å². The third kappa shape index (κ3) is 2.81. The number of ether oxygens (including phenoxy) is 1. The Morgan fingerprint density at radius 3 is 3.05 bits per heavy atom. The van der Waals surface area contributed by atoms with Crippen LogP contribution in [0.3, 0.4) is 0 Å². The van der Waals surface area contributed by atoms with Gasteiger partial charge in [-0.2, -0.15) is 0 Å². The number of rotatable bonds is 5. The fourth-order valence-corrected chi connectivity index (χ4v) is 3.38. The molecule has 2 aromatic rings. The normalized spacial score (nSPS) is 21.6. The average Bonchev–Trinajstić information content (AvgIpc) is 2.94. The molecule has 0 radical (unpaired) electrons. The van der Waals surface area contributed by atoms with Crippen LogP contribution in [0.2, 0.25) is 0 Å². The van der Waals surface area contributed by atoms with Crippen molar-refractivity contribution in [1.29, 1.82) is 0 Å². The lowest BCUT2D eigenvalue weighted by Crippen LogP contribution is -2.24. The summed E-state index contributed by atoms with van der Waals surface area (Å²) in [6, 6.07) is 8.46. The van der Waals surface area contributed by atoms with Crippen LogP contribution in [-0.2, 0) is 0 Å². The molecule has 0 saturated heterocycles. The van der Waals surface area contributed by atoms with Gasteiger partial charge >= 0.3 is 0 Å². The van der Waals surface area contributed by atoms with Gasteiger partial charge in [0.2, 0.25) is 0 Å². The number of aromatic nitrogens is 1. The third-order valence-corrected chi connectivity index (χ3v) is 4.45. The molecule has 0 bridgehead atoms. The van der Waals surface area contributed by atoms with Crippen LogP contribution < -0.4 is 10.1 Å². The highest BCUT2D eigenvalue weighted by Crippen LogP contribution is 2.34. The van der Waals surface area contributed by atoms with Gasteiger partial charge in [-0.15, -0.1) is 0 Å². The SMILES string of the molecule is COc1cccc2c(NC3CCCC3CCO)ccnc12. The molecular formula is C17H22N2O2. The first-order valence-electron chi connectivity index (χ1n) is 7.62. The lowest BCUT2D eigenvalue weighted by molar-refractivity contribution is 0.254. The summed E-state index contributed by atoms with van der Waals surface area (Å²) >= 11 is 0. The Hall–Kier alpha value is -1.81. The quantitative estimate of drug-likeness (QED) is 0.886. The van der Waals surface area contributed by atoms with E-state index in [2.05, 4.69) is 16.4 Å². The van der Waals surface area contributed by atoms with Crippen molar-refractivity contribution in [3.63, 3.8) is 0 Å². The molecule has 21 heavy (non-hydrogen) atoms. The lowest BCUT2D eigenvalue weighted by atomic mass is 9.99. The first kappa shape index (κ1) is 14.1. The Morgan fingerprint density at radius 1 is 1.33 bits per heavy atom. The van der Waals surface area contributed by atoms with E-state index in [1.54, 1.807) is 7.11 Å². The van der Waals surface area contributed by atoms with Gasteiger partial charge in [-0.1, -0.05) is 18.6 Å². The molecule has 2 N–H and O–H groups in total. The van der Waals surface area contributed by atoms with Crippen molar-refractivity contribution >= 4 is 16.6 Å². The Balaban J connectivity index is 1.90. The molecule has 1 heterocycles. The van der Waals surface area contributed by atoms with E-state index in [1.165, 1.54) is 19.3 Å². The van der Waals surface area contributed by atoms with Gasteiger partial charge in [-0.3, -0.25) is 4.98 Å². The van der Waals surface area contributed by atoms with E-state index in [9.17, 15) is 5.11 Å². The van der Waals surface area contributed by atoms with Crippen LogP contribution >= 0.6 is 0 Å². The molecule has 2 atom stereocenters. The minimum absolute atomic E-state index is 0.272. The highest BCUT2D eigenvalue weighted by Gasteiger charge is 2.27. The lowest BCUT2D eigenvalue weighted by Gasteiger charge is -2.22. The number of anilines is 1. The number of pyridine rings is 1. The van der Waals surface area contributed by atoms with Gasteiger partial charge in [0.25, 0.3) is 0 Å². The topological polar surface area (TPSA) is 54.4 Å². The van der Waals surface area contributed by atoms with Crippen LogP contribution in [0, 0.1) is 5.92 Å². The van der Waals surface area contributed by atoms with Crippen molar-refractivity contribution in [3.05, 3.63) is 30.5 Å². The zero-order valence-corrected chi connectivity index (χ0v) is 12.4. The van der Waals surface area contributed by atoms with Crippen molar-refractivity contribution in [2.75, 3.05) is 19.0 Å². The van der Waals surface area contributed by atoms with Crippen molar-refractivity contribution in [2.45, 2.75) is 31.7 Å². The second-order valence-corrected chi connectivity index (χ2v) is 5.67. The van der Waals surface area contributed by atoms with Crippen molar-refractivity contribution < 1.29 is 9.84 Å². The van der Waals surface area contributed by atoms with Gasteiger partial charge in [0.15, 0.2) is 0 Å². The summed E-state index contributed by atoms with van der Waals surface area (Å²) in [6.45, 7) is 0.272. The molecule has 0 aliphatic heterocycles. The van der Waals surface area contributed by atoms with Gasteiger partial charge in [0.05, 0.1) is 7.11 Å². The zero-order chi connectivity index (χ0) is 14.7. The first-order valence-corrected chi connectivity index (χ1v) is 7.62. The minimum Gasteiger partial charge on any atom is -0.494 e. The smallest absolute Gasteiger partial charge is 0.145 e. The maximum absolute atomic E-state index is 9.20. The van der Waals surface area contributed by atoms with E-state index in [0.717, 1.165) is 28.8 Å². The monoisotopic (exact) mass is 286 g/mol. The summed E-state index contributed by atoms with van der Waals surface area (Å²) in [5, 5.41) is 13.9.